The Balaban J connectivity index is 2.12. The van der Waals surface area contributed by atoms with Crippen LogP contribution in [0.25, 0.3) is 0 Å². The monoisotopic (exact) mass is 307 g/mol. The van der Waals surface area contributed by atoms with Crippen molar-refractivity contribution in [2.75, 3.05) is 32.2 Å². The highest BCUT2D eigenvalue weighted by molar-refractivity contribution is 7.13. The van der Waals surface area contributed by atoms with E-state index in [-0.39, 0.29) is 5.78 Å². The van der Waals surface area contributed by atoms with E-state index in [1.165, 1.54) is 11.3 Å². The predicted molar refractivity (Wildman–Crippen MR) is 85.5 cm³/mol. The molecule has 0 saturated heterocycles. The molecule has 2 aromatic rings. The summed E-state index contributed by atoms with van der Waals surface area (Å²) in [5, 5.41) is 2.77. The third kappa shape index (κ3) is 3.51. The smallest absolute Gasteiger partial charge is 0.185 e. The quantitative estimate of drug-likeness (QED) is 0.738. The maximum Gasteiger partial charge on any atom is 0.185 e. The molecular formula is C15H21N3O2S. The summed E-state index contributed by atoms with van der Waals surface area (Å²) in [5.41, 5.74) is 2.87. The van der Waals surface area contributed by atoms with Crippen molar-refractivity contribution in [3.63, 3.8) is 0 Å². The molecule has 0 atom stereocenters. The van der Waals surface area contributed by atoms with Crippen molar-refractivity contribution in [2.45, 2.75) is 20.4 Å². The molecular weight excluding hydrogens is 286 g/mol. The van der Waals surface area contributed by atoms with Crippen LogP contribution >= 0.6 is 11.3 Å². The zero-order chi connectivity index (χ0) is 15.4. The molecule has 21 heavy (non-hydrogen) atoms. The van der Waals surface area contributed by atoms with E-state index in [1.54, 1.807) is 13.3 Å². The summed E-state index contributed by atoms with van der Waals surface area (Å²) in [7, 11) is 3.57. The van der Waals surface area contributed by atoms with E-state index in [1.807, 2.05) is 37.2 Å². The van der Waals surface area contributed by atoms with Crippen molar-refractivity contribution in [3.8, 4) is 0 Å². The molecule has 2 heterocycles. The van der Waals surface area contributed by atoms with Crippen LogP contribution in [-0.2, 0) is 11.3 Å². The molecule has 0 aliphatic carbocycles. The van der Waals surface area contributed by atoms with Gasteiger partial charge in [0, 0.05) is 49.2 Å². The van der Waals surface area contributed by atoms with Gasteiger partial charge < -0.3 is 14.2 Å². The predicted octanol–water partition coefficient (Wildman–Crippen LogP) is 2.53. The molecule has 0 amide bonds. The first-order chi connectivity index (χ1) is 10.0. The van der Waals surface area contributed by atoms with E-state index in [9.17, 15) is 4.79 Å². The molecule has 0 saturated carbocycles. The van der Waals surface area contributed by atoms with E-state index >= 15 is 0 Å². The normalized spacial score (nSPS) is 10.9. The Morgan fingerprint density at radius 3 is 2.86 bits per heavy atom. The number of hydrogen-bond acceptors (Lipinski definition) is 5. The molecule has 0 unspecified atom stereocenters. The Kier molecular flexibility index (Phi) is 5.14. The highest BCUT2D eigenvalue weighted by Crippen LogP contribution is 2.19. The lowest BCUT2D eigenvalue weighted by Crippen LogP contribution is -2.25. The molecule has 0 radical (unpaired) electrons. The van der Waals surface area contributed by atoms with Gasteiger partial charge in [-0.05, 0) is 19.9 Å². The van der Waals surface area contributed by atoms with Gasteiger partial charge >= 0.3 is 0 Å². The molecule has 2 rings (SSSR count). The lowest BCUT2D eigenvalue weighted by molar-refractivity contribution is 0.0999. The fraction of sp³-hybridized carbons (Fsp3) is 0.467. The van der Waals surface area contributed by atoms with Crippen LogP contribution in [0.5, 0.6) is 0 Å². The Morgan fingerprint density at radius 1 is 1.48 bits per heavy atom. The largest absolute Gasteiger partial charge is 0.383 e. The van der Waals surface area contributed by atoms with Crippen LogP contribution in [0.1, 0.15) is 21.7 Å². The second-order valence-corrected chi connectivity index (χ2v) is 5.90. The van der Waals surface area contributed by atoms with Gasteiger partial charge in [0.25, 0.3) is 0 Å². The first-order valence-electron chi connectivity index (χ1n) is 6.84. The van der Waals surface area contributed by atoms with Gasteiger partial charge in [0.15, 0.2) is 10.9 Å². The number of anilines is 1. The summed E-state index contributed by atoms with van der Waals surface area (Å²) in [4.78, 5) is 18.6. The molecule has 0 fully saturated rings. The SMILES string of the molecule is COCCn1c(C)cc(C(=O)CN(C)c2nccs2)c1C. The van der Waals surface area contributed by atoms with Crippen molar-refractivity contribution in [1.29, 1.82) is 0 Å². The summed E-state index contributed by atoms with van der Waals surface area (Å²) < 4.78 is 7.24. The molecule has 0 aromatic carbocycles. The Bertz CT molecular complexity index is 605. The fourth-order valence-electron chi connectivity index (χ4n) is 2.38. The van der Waals surface area contributed by atoms with Crippen molar-refractivity contribution in [2.24, 2.45) is 0 Å². The second kappa shape index (κ2) is 6.87. The Morgan fingerprint density at radius 2 is 2.24 bits per heavy atom. The molecule has 6 heteroatoms. The molecule has 0 aliphatic rings. The minimum Gasteiger partial charge on any atom is -0.383 e. The van der Waals surface area contributed by atoms with Gasteiger partial charge in [-0.2, -0.15) is 0 Å². The standard InChI is InChI=1S/C15H21N3O2S/c1-11-9-13(12(2)18(11)6-7-20-4)14(19)10-17(3)15-16-5-8-21-15/h5,8-9H,6-7,10H2,1-4H3. The summed E-state index contributed by atoms with van der Waals surface area (Å²) >= 11 is 1.53. The van der Waals surface area contributed by atoms with Gasteiger partial charge in [0.2, 0.25) is 0 Å². The van der Waals surface area contributed by atoms with Gasteiger partial charge in [-0.25, -0.2) is 4.98 Å². The highest BCUT2D eigenvalue weighted by atomic mass is 32.1. The first kappa shape index (κ1) is 15.7. The number of Topliss-reactive ketones (excluding diaryl/α,β-unsaturated/α-hetero) is 1. The maximum absolute atomic E-state index is 12.5. The average Bonchev–Trinajstić information content (AvgIpc) is 3.06. The number of aromatic nitrogens is 2. The zero-order valence-corrected chi connectivity index (χ0v) is 13.7. The number of carbonyl (C=O) groups excluding carboxylic acids is 1. The number of likely N-dealkylation sites (N-methyl/N-ethyl adjacent to an activating group) is 1. The zero-order valence-electron chi connectivity index (χ0n) is 12.9. The minimum absolute atomic E-state index is 0.115. The van der Waals surface area contributed by atoms with Crippen LogP contribution in [0.2, 0.25) is 0 Å². The van der Waals surface area contributed by atoms with Crippen molar-refractivity contribution < 1.29 is 9.53 Å². The number of methoxy groups -OCH3 is 1. The minimum atomic E-state index is 0.115. The molecule has 5 nitrogen and oxygen atoms in total. The van der Waals surface area contributed by atoms with Crippen LogP contribution < -0.4 is 4.90 Å². The van der Waals surface area contributed by atoms with E-state index in [2.05, 4.69) is 9.55 Å². The van der Waals surface area contributed by atoms with Crippen LogP contribution in [0.15, 0.2) is 17.6 Å². The third-order valence-corrected chi connectivity index (χ3v) is 4.41. The Labute approximate surface area is 129 Å². The molecule has 0 bridgehead atoms. The first-order valence-corrected chi connectivity index (χ1v) is 7.72. The van der Waals surface area contributed by atoms with Crippen LogP contribution in [-0.4, -0.2) is 42.6 Å². The number of rotatable bonds is 7. The van der Waals surface area contributed by atoms with Crippen LogP contribution in [0, 0.1) is 13.8 Å². The summed E-state index contributed by atoms with van der Waals surface area (Å²) in [6.45, 7) is 5.75. The van der Waals surface area contributed by atoms with Gasteiger partial charge in [0.1, 0.15) is 0 Å². The molecule has 0 spiro atoms. The number of nitrogens with zero attached hydrogens (tertiary/aromatic N) is 3. The maximum atomic E-state index is 12.5. The van der Waals surface area contributed by atoms with Crippen molar-refractivity contribution in [3.05, 3.63) is 34.6 Å². The number of carbonyl (C=O) groups is 1. The number of aryl methyl sites for hydroxylation is 1. The van der Waals surface area contributed by atoms with Gasteiger partial charge in [0.05, 0.1) is 13.2 Å². The summed E-state index contributed by atoms with van der Waals surface area (Å²) in [6.07, 6.45) is 1.75. The number of hydrogen-bond donors (Lipinski definition) is 0. The van der Waals surface area contributed by atoms with E-state index in [4.69, 9.17) is 4.74 Å². The summed E-state index contributed by atoms with van der Waals surface area (Å²) in [6, 6.07) is 1.96. The topological polar surface area (TPSA) is 47.4 Å². The Hall–Kier alpha value is -1.66. The number of ether oxygens (including phenoxy) is 1. The average molecular weight is 307 g/mol. The lowest BCUT2D eigenvalue weighted by Gasteiger charge is -2.14. The number of ketones is 1. The third-order valence-electron chi connectivity index (χ3n) is 3.52. The molecule has 0 N–H and O–H groups in total. The van der Waals surface area contributed by atoms with Crippen LogP contribution in [0.3, 0.4) is 0 Å². The van der Waals surface area contributed by atoms with Crippen molar-refractivity contribution >= 4 is 22.3 Å². The molecule has 2 aromatic heterocycles. The van der Waals surface area contributed by atoms with Gasteiger partial charge in [-0.1, -0.05) is 0 Å². The second-order valence-electron chi connectivity index (χ2n) is 5.02. The van der Waals surface area contributed by atoms with E-state index in [0.717, 1.165) is 28.6 Å². The van der Waals surface area contributed by atoms with Crippen LogP contribution in [0.4, 0.5) is 5.13 Å². The fourth-order valence-corrected chi connectivity index (χ4v) is 2.99. The van der Waals surface area contributed by atoms with Gasteiger partial charge in [-0.3, -0.25) is 4.79 Å². The number of thiazole rings is 1. The summed E-state index contributed by atoms with van der Waals surface area (Å²) in [5.74, 6) is 0.115. The van der Waals surface area contributed by atoms with E-state index in [0.29, 0.717) is 13.2 Å². The lowest BCUT2D eigenvalue weighted by atomic mass is 10.1. The molecule has 0 aliphatic heterocycles. The molecule has 114 valence electrons. The van der Waals surface area contributed by atoms with Crippen molar-refractivity contribution in [1.82, 2.24) is 9.55 Å². The van der Waals surface area contributed by atoms with E-state index < -0.39 is 0 Å². The highest BCUT2D eigenvalue weighted by Gasteiger charge is 2.17. The van der Waals surface area contributed by atoms with Gasteiger partial charge in [-0.15, -0.1) is 11.3 Å².